The first-order valence-electron chi connectivity index (χ1n) is 7.53. The highest BCUT2D eigenvalue weighted by Gasteiger charge is 2.30. The molecule has 0 bridgehead atoms. The largest absolute Gasteiger partial charge is 0.385 e. The highest BCUT2D eigenvalue weighted by molar-refractivity contribution is 5.94. The molecule has 1 aliphatic heterocycles. The molecular formula is C17H21N3O2. The van der Waals surface area contributed by atoms with Crippen molar-refractivity contribution in [1.29, 1.82) is 0 Å². The zero-order valence-electron chi connectivity index (χ0n) is 12.9. The lowest BCUT2D eigenvalue weighted by atomic mass is 9.88. The van der Waals surface area contributed by atoms with Gasteiger partial charge in [0.15, 0.2) is 0 Å². The monoisotopic (exact) mass is 299 g/mol. The minimum Gasteiger partial charge on any atom is -0.385 e. The third kappa shape index (κ3) is 3.04. The quantitative estimate of drug-likeness (QED) is 0.811. The minimum atomic E-state index is -0.745. The second kappa shape index (κ2) is 5.57. The lowest BCUT2D eigenvalue weighted by molar-refractivity contribution is 0.0939. The normalized spacial score (nSPS) is 18.2. The van der Waals surface area contributed by atoms with E-state index >= 15 is 0 Å². The van der Waals surface area contributed by atoms with E-state index in [1.54, 1.807) is 0 Å². The molecule has 2 heterocycles. The summed E-state index contributed by atoms with van der Waals surface area (Å²) in [5.74, 6) is 0.289. The number of hydrogen-bond donors (Lipinski definition) is 3. The molecule has 0 saturated carbocycles. The van der Waals surface area contributed by atoms with Crippen molar-refractivity contribution >= 4 is 5.91 Å². The van der Waals surface area contributed by atoms with Crippen molar-refractivity contribution in [2.24, 2.45) is 5.41 Å². The molecule has 0 spiro atoms. The number of amides is 1. The SMILES string of the molecule is CC1(C)CNC(=O)c2nc(C(O)Cc3ccccc3)[nH]c2C1. The van der Waals surface area contributed by atoms with Crippen molar-refractivity contribution in [2.45, 2.75) is 32.8 Å². The summed E-state index contributed by atoms with van der Waals surface area (Å²) >= 11 is 0. The van der Waals surface area contributed by atoms with Crippen LogP contribution in [0, 0.1) is 5.41 Å². The Kier molecular flexibility index (Phi) is 3.74. The van der Waals surface area contributed by atoms with Gasteiger partial charge in [0.25, 0.3) is 5.91 Å². The molecule has 5 heteroatoms. The van der Waals surface area contributed by atoms with Crippen LogP contribution in [0.4, 0.5) is 0 Å². The Bertz CT molecular complexity index is 676. The number of aliphatic hydroxyl groups excluding tert-OH is 1. The van der Waals surface area contributed by atoms with Crippen LogP contribution in [0.1, 0.15) is 47.5 Å². The van der Waals surface area contributed by atoms with Crippen LogP contribution in [-0.4, -0.2) is 27.5 Å². The molecule has 0 fully saturated rings. The molecule has 1 atom stereocenters. The van der Waals surface area contributed by atoms with Gasteiger partial charge in [-0.3, -0.25) is 4.79 Å². The molecule has 0 radical (unpaired) electrons. The maximum absolute atomic E-state index is 12.1. The van der Waals surface area contributed by atoms with Gasteiger partial charge in [-0.25, -0.2) is 4.98 Å². The van der Waals surface area contributed by atoms with Gasteiger partial charge in [0.05, 0.1) is 0 Å². The zero-order chi connectivity index (χ0) is 15.7. The predicted octanol–water partition coefficient (Wildman–Crippen LogP) is 2.00. The summed E-state index contributed by atoms with van der Waals surface area (Å²) in [5.41, 5.74) is 2.22. The average molecular weight is 299 g/mol. The third-order valence-corrected chi connectivity index (χ3v) is 3.98. The molecule has 22 heavy (non-hydrogen) atoms. The molecule has 1 aromatic carbocycles. The molecule has 1 aromatic heterocycles. The number of hydrogen-bond acceptors (Lipinski definition) is 3. The van der Waals surface area contributed by atoms with Crippen LogP contribution in [0.25, 0.3) is 0 Å². The first-order valence-corrected chi connectivity index (χ1v) is 7.53. The van der Waals surface area contributed by atoms with Gasteiger partial charge in [0.2, 0.25) is 0 Å². The second-order valence-electron chi connectivity index (χ2n) is 6.68. The van der Waals surface area contributed by atoms with E-state index in [9.17, 15) is 9.90 Å². The third-order valence-electron chi connectivity index (χ3n) is 3.98. The van der Waals surface area contributed by atoms with E-state index in [2.05, 4.69) is 29.1 Å². The molecule has 116 valence electrons. The molecule has 1 amide bonds. The number of fused-ring (bicyclic) bond motifs is 1. The van der Waals surface area contributed by atoms with E-state index in [4.69, 9.17) is 0 Å². The summed E-state index contributed by atoms with van der Waals surface area (Å²) < 4.78 is 0. The Labute approximate surface area is 129 Å². The van der Waals surface area contributed by atoms with E-state index in [0.29, 0.717) is 24.5 Å². The van der Waals surface area contributed by atoms with Crippen LogP contribution < -0.4 is 5.32 Å². The predicted molar refractivity (Wildman–Crippen MR) is 83.5 cm³/mol. The van der Waals surface area contributed by atoms with E-state index in [-0.39, 0.29) is 11.3 Å². The molecule has 0 aliphatic carbocycles. The van der Waals surface area contributed by atoms with E-state index < -0.39 is 6.10 Å². The molecule has 5 nitrogen and oxygen atoms in total. The van der Waals surface area contributed by atoms with Crippen molar-refractivity contribution in [3.05, 3.63) is 53.1 Å². The number of carbonyl (C=O) groups excluding carboxylic acids is 1. The maximum atomic E-state index is 12.1. The Balaban J connectivity index is 1.84. The van der Waals surface area contributed by atoms with Crippen LogP contribution >= 0.6 is 0 Å². The van der Waals surface area contributed by atoms with Crippen LogP contribution in [-0.2, 0) is 12.8 Å². The van der Waals surface area contributed by atoms with E-state index in [1.807, 2.05) is 30.3 Å². The fourth-order valence-corrected chi connectivity index (χ4v) is 2.78. The molecule has 1 unspecified atom stereocenters. The molecule has 3 N–H and O–H groups in total. The summed E-state index contributed by atoms with van der Waals surface area (Å²) in [7, 11) is 0. The standard InChI is InChI=1S/C17H21N3O2/c1-17(2)9-12-14(16(22)18-10-17)20-15(19-12)13(21)8-11-6-4-3-5-7-11/h3-7,13,21H,8-10H2,1-2H3,(H,18,22)(H,19,20). The van der Waals surface area contributed by atoms with Gasteiger partial charge >= 0.3 is 0 Å². The zero-order valence-corrected chi connectivity index (χ0v) is 12.9. The van der Waals surface area contributed by atoms with Crippen LogP contribution in [0.2, 0.25) is 0 Å². The van der Waals surface area contributed by atoms with Gasteiger partial charge < -0.3 is 15.4 Å². The summed E-state index contributed by atoms with van der Waals surface area (Å²) in [6.45, 7) is 4.82. The van der Waals surface area contributed by atoms with Crippen LogP contribution in [0.3, 0.4) is 0 Å². The van der Waals surface area contributed by atoms with E-state index in [1.165, 1.54) is 0 Å². The smallest absolute Gasteiger partial charge is 0.271 e. The molecule has 2 aromatic rings. The number of rotatable bonds is 3. The first-order chi connectivity index (χ1) is 10.4. The summed E-state index contributed by atoms with van der Waals surface area (Å²) in [6, 6.07) is 9.75. The summed E-state index contributed by atoms with van der Waals surface area (Å²) in [6.07, 6.45) is 0.454. The Morgan fingerprint density at radius 3 is 2.77 bits per heavy atom. The van der Waals surface area contributed by atoms with Gasteiger partial charge in [0, 0.05) is 18.7 Å². The van der Waals surface area contributed by atoms with Gasteiger partial charge in [-0.15, -0.1) is 0 Å². The number of carbonyl (C=O) groups is 1. The van der Waals surface area contributed by atoms with Gasteiger partial charge in [-0.05, 0) is 17.4 Å². The highest BCUT2D eigenvalue weighted by atomic mass is 16.3. The second-order valence-corrected chi connectivity index (χ2v) is 6.68. The summed E-state index contributed by atoms with van der Waals surface area (Å²) in [4.78, 5) is 19.6. The lowest BCUT2D eigenvalue weighted by Crippen LogP contribution is -2.32. The van der Waals surface area contributed by atoms with Crippen molar-refractivity contribution in [1.82, 2.24) is 15.3 Å². The molecule has 3 rings (SSSR count). The van der Waals surface area contributed by atoms with Crippen molar-refractivity contribution in [3.8, 4) is 0 Å². The number of benzene rings is 1. The number of aromatic amines is 1. The molecular weight excluding hydrogens is 278 g/mol. The number of imidazole rings is 1. The average Bonchev–Trinajstić information content (AvgIpc) is 2.85. The first kappa shape index (κ1) is 14.8. The van der Waals surface area contributed by atoms with Crippen LogP contribution in [0.15, 0.2) is 30.3 Å². The summed E-state index contributed by atoms with van der Waals surface area (Å²) in [5, 5.41) is 13.3. The molecule has 1 aliphatic rings. The number of aliphatic hydroxyl groups is 1. The van der Waals surface area contributed by atoms with Crippen molar-refractivity contribution < 1.29 is 9.90 Å². The number of H-pyrrole nitrogens is 1. The number of nitrogens with zero attached hydrogens (tertiary/aromatic N) is 1. The number of aromatic nitrogens is 2. The number of nitrogens with one attached hydrogen (secondary N) is 2. The lowest BCUT2D eigenvalue weighted by Gasteiger charge is -2.21. The Morgan fingerprint density at radius 1 is 1.32 bits per heavy atom. The van der Waals surface area contributed by atoms with Gasteiger partial charge in [-0.2, -0.15) is 0 Å². The highest BCUT2D eigenvalue weighted by Crippen LogP contribution is 2.27. The fraction of sp³-hybridized carbons (Fsp3) is 0.412. The van der Waals surface area contributed by atoms with Gasteiger partial charge in [0.1, 0.15) is 17.6 Å². The topological polar surface area (TPSA) is 78.0 Å². The maximum Gasteiger partial charge on any atom is 0.271 e. The fourth-order valence-electron chi connectivity index (χ4n) is 2.78. The molecule has 0 saturated heterocycles. The minimum absolute atomic E-state index is 0.0326. The van der Waals surface area contributed by atoms with Gasteiger partial charge in [-0.1, -0.05) is 44.2 Å². The Morgan fingerprint density at radius 2 is 2.05 bits per heavy atom. The van der Waals surface area contributed by atoms with Crippen molar-refractivity contribution in [3.63, 3.8) is 0 Å². The van der Waals surface area contributed by atoms with E-state index in [0.717, 1.165) is 17.7 Å². The van der Waals surface area contributed by atoms with Crippen molar-refractivity contribution in [2.75, 3.05) is 6.54 Å². The van der Waals surface area contributed by atoms with Crippen LogP contribution in [0.5, 0.6) is 0 Å². The Hall–Kier alpha value is -2.14.